The summed E-state index contributed by atoms with van der Waals surface area (Å²) < 4.78 is 0. The average Bonchev–Trinajstić information content (AvgIpc) is 2.34. The molecule has 0 radical (unpaired) electrons. The van der Waals surface area contributed by atoms with Crippen LogP contribution in [0.4, 0.5) is 4.79 Å². The summed E-state index contributed by atoms with van der Waals surface area (Å²) in [6.07, 6.45) is 3.30. The van der Waals surface area contributed by atoms with Gasteiger partial charge in [0.15, 0.2) is 0 Å². The van der Waals surface area contributed by atoms with Gasteiger partial charge in [-0.1, -0.05) is 0 Å². The van der Waals surface area contributed by atoms with E-state index in [0.717, 1.165) is 19.3 Å². The van der Waals surface area contributed by atoms with E-state index in [1.165, 1.54) is 0 Å². The molecule has 1 heterocycles. The third-order valence-electron chi connectivity index (χ3n) is 3.64. The molecule has 0 aromatic carbocycles. The smallest absolute Gasteiger partial charge is 0.318 e. The minimum absolute atomic E-state index is 0.0547. The molecule has 0 aromatic heterocycles. The molecule has 3 amide bonds. The Bertz CT molecular complexity index is 409. The summed E-state index contributed by atoms with van der Waals surface area (Å²) in [6.45, 7) is 4.10. The van der Waals surface area contributed by atoms with Crippen molar-refractivity contribution in [1.82, 2.24) is 10.2 Å². The maximum atomic E-state index is 12.4. The fraction of sp³-hybridized carbons (Fsp3) is 0.786. The van der Waals surface area contributed by atoms with Gasteiger partial charge in [0.2, 0.25) is 5.91 Å². The Morgan fingerprint density at radius 3 is 2.57 bits per heavy atom. The first-order valence-electron chi connectivity index (χ1n) is 7.30. The number of nitrogens with one attached hydrogen (secondary N) is 1. The molecule has 4 N–H and O–H groups in total. The van der Waals surface area contributed by atoms with E-state index in [4.69, 9.17) is 10.8 Å². The minimum atomic E-state index is -0.852. The number of carbonyl (C=O) groups excluding carboxylic acids is 2. The van der Waals surface area contributed by atoms with Gasteiger partial charge in [0.25, 0.3) is 0 Å². The van der Waals surface area contributed by atoms with Gasteiger partial charge in [-0.25, -0.2) is 4.79 Å². The second kappa shape index (κ2) is 7.28. The molecule has 0 aromatic rings. The van der Waals surface area contributed by atoms with Gasteiger partial charge in [0, 0.05) is 31.0 Å². The second-order valence-corrected chi connectivity index (χ2v) is 6.23. The molecule has 1 atom stereocenters. The number of carboxylic acid groups (broad SMARTS) is 1. The third-order valence-corrected chi connectivity index (χ3v) is 3.64. The van der Waals surface area contributed by atoms with Crippen LogP contribution in [-0.4, -0.2) is 46.0 Å². The van der Waals surface area contributed by atoms with Crippen LogP contribution < -0.4 is 11.1 Å². The molecular formula is C14H25N3O4. The minimum Gasteiger partial charge on any atom is -0.481 e. The molecule has 21 heavy (non-hydrogen) atoms. The molecule has 1 aliphatic rings. The molecule has 7 nitrogen and oxygen atoms in total. The molecule has 0 saturated carbocycles. The Kier molecular flexibility index (Phi) is 5.99. The predicted octanol–water partition coefficient (Wildman–Crippen LogP) is 1.07. The van der Waals surface area contributed by atoms with Crippen molar-refractivity contribution in [3.05, 3.63) is 0 Å². The Balaban J connectivity index is 2.63. The molecule has 1 saturated heterocycles. The van der Waals surface area contributed by atoms with Crippen LogP contribution in [-0.2, 0) is 9.59 Å². The van der Waals surface area contributed by atoms with Crippen molar-refractivity contribution in [3.63, 3.8) is 0 Å². The number of primary amides is 1. The van der Waals surface area contributed by atoms with Crippen LogP contribution in [0.15, 0.2) is 0 Å². The van der Waals surface area contributed by atoms with Gasteiger partial charge < -0.3 is 21.1 Å². The van der Waals surface area contributed by atoms with Crippen LogP contribution in [0.25, 0.3) is 0 Å². The lowest BCUT2D eigenvalue weighted by Crippen LogP contribution is -2.55. The lowest BCUT2D eigenvalue weighted by Gasteiger charge is -2.38. The number of likely N-dealkylation sites (tertiary alicyclic amines) is 1. The Morgan fingerprint density at radius 1 is 1.33 bits per heavy atom. The molecular weight excluding hydrogens is 274 g/mol. The summed E-state index contributed by atoms with van der Waals surface area (Å²) in [7, 11) is 0. The van der Waals surface area contributed by atoms with E-state index in [2.05, 4.69) is 5.32 Å². The number of aliphatic carboxylic acids is 1. The van der Waals surface area contributed by atoms with Crippen LogP contribution in [0.1, 0.15) is 52.4 Å². The van der Waals surface area contributed by atoms with Crippen molar-refractivity contribution in [2.75, 3.05) is 6.54 Å². The van der Waals surface area contributed by atoms with Crippen LogP contribution in [0.5, 0.6) is 0 Å². The largest absolute Gasteiger partial charge is 0.481 e. The second-order valence-electron chi connectivity index (χ2n) is 6.23. The topological polar surface area (TPSA) is 113 Å². The van der Waals surface area contributed by atoms with Crippen LogP contribution in [0, 0.1) is 0 Å². The quantitative estimate of drug-likeness (QED) is 0.680. The number of nitrogens with two attached hydrogens (primary N) is 1. The van der Waals surface area contributed by atoms with E-state index < -0.39 is 17.4 Å². The lowest BCUT2D eigenvalue weighted by molar-refractivity contribution is -0.137. The standard InChI is InChI=1S/C14H25N3O4/c1-14(2,9-11(15)18)16-13(21)17-8-4-3-5-10(17)6-7-12(19)20/h10H,3-9H2,1-2H3,(H2,15,18)(H,16,21)(H,19,20). The summed E-state index contributed by atoms with van der Waals surface area (Å²) in [5.74, 6) is -1.32. The van der Waals surface area contributed by atoms with E-state index in [-0.39, 0.29) is 24.9 Å². The SMILES string of the molecule is CC(C)(CC(N)=O)NC(=O)N1CCCCC1CCC(=O)O. The van der Waals surface area contributed by atoms with Gasteiger partial charge in [0.1, 0.15) is 0 Å². The lowest BCUT2D eigenvalue weighted by atomic mass is 9.97. The van der Waals surface area contributed by atoms with E-state index in [9.17, 15) is 14.4 Å². The van der Waals surface area contributed by atoms with Crippen molar-refractivity contribution >= 4 is 17.9 Å². The van der Waals surface area contributed by atoms with E-state index >= 15 is 0 Å². The molecule has 0 aliphatic carbocycles. The molecule has 0 bridgehead atoms. The summed E-state index contributed by atoms with van der Waals surface area (Å²) in [4.78, 5) is 35.8. The van der Waals surface area contributed by atoms with Crippen molar-refractivity contribution in [2.45, 2.75) is 64.0 Å². The number of hydrogen-bond acceptors (Lipinski definition) is 3. The highest BCUT2D eigenvalue weighted by Gasteiger charge is 2.31. The molecule has 1 rings (SSSR count). The maximum Gasteiger partial charge on any atom is 0.318 e. The molecule has 1 unspecified atom stereocenters. The average molecular weight is 299 g/mol. The number of amides is 3. The normalized spacial score (nSPS) is 19.1. The molecule has 0 spiro atoms. The van der Waals surface area contributed by atoms with Gasteiger partial charge in [-0.3, -0.25) is 9.59 Å². The van der Waals surface area contributed by atoms with Crippen LogP contribution >= 0.6 is 0 Å². The maximum absolute atomic E-state index is 12.4. The first-order chi connectivity index (χ1) is 9.71. The zero-order valence-corrected chi connectivity index (χ0v) is 12.7. The monoisotopic (exact) mass is 299 g/mol. The predicted molar refractivity (Wildman–Crippen MR) is 77.6 cm³/mol. The number of carbonyl (C=O) groups is 3. The van der Waals surface area contributed by atoms with Gasteiger partial charge in [0.05, 0.1) is 0 Å². The zero-order valence-electron chi connectivity index (χ0n) is 12.7. The Hall–Kier alpha value is -1.79. The van der Waals surface area contributed by atoms with Gasteiger partial charge in [-0.05, 0) is 39.5 Å². The van der Waals surface area contributed by atoms with Crippen molar-refractivity contribution in [3.8, 4) is 0 Å². The van der Waals surface area contributed by atoms with Crippen LogP contribution in [0.3, 0.4) is 0 Å². The fourth-order valence-corrected chi connectivity index (χ4v) is 2.70. The van der Waals surface area contributed by atoms with Crippen molar-refractivity contribution in [1.29, 1.82) is 0 Å². The van der Waals surface area contributed by atoms with E-state index in [1.54, 1.807) is 18.7 Å². The van der Waals surface area contributed by atoms with E-state index in [1.807, 2.05) is 0 Å². The highest BCUT2D eigenvalue weighted by molar-refractivity contribution is 5.79. The number of carboxylic acids is 1. The number of urea groups is 1. The zero-order chi connectivity index (χ0) is 16.0. The third kappa shape index (κ3) is 6.01. The Morgan fingerprint density at radius 2 is 2.00 bits per heavy atom. The van der Waals surface area contributed by atoms with E-state index in [0.29, 0.717) is 13.0 Å². The highest BCUT2D eigenvalue weighted by Crippen LogP contribution is 2.22. The van der Waals surface area contributed by atoms with Gasteiger partial charge >= 0.3 is 12.0 Å². The summed E-state index contributed by atoms with van der Waals surface area (Å²) in [5, 5.41) is 11.6. The number of piperidine rings is 1. The Labute approximate surface area is 124 Å². The number of hydrogen-bond donors (Lipinski definition) is 3. The summed E-state index contributed by atoms with van der Waals surface area (Å²) in [6, 6.07) is -0.310. The van der Waals surface area contributed by atoms with Crippen LogP contribution in [0.2, 0.25) is 0 Å². The fourth-order valence-electron chi connectivity index (χ4n) is 2.70. The molecule has 7 heteroatoms. The first-order valence-corrected chi connectivity index (χ1v) is 7.30. The van der Waals surface area contributed by atoms with Crippen molar-refractivity contribution < 1.29 is 19.5 Å². The van der Waals surface area contributed by atoms with Gasteiger partial charge in [-0.15, -0.1) is 0 Å². The summed E-state index contributed by atoms with van der Waals surface area (Å²) in [5.41, 5.74) is 4.46. The first kappa shape index (κ1) is 17.3. The van der Waals surface area contributed by atoms with Crippen molar-refractivity contribution in [2.24, 2.45) is 5.73 Å². The number of rotatable bonds is 6. The summed E-state index contributed by atoms with van der Waals surface area (Å²) >= 11 is 0. The highest BCUT2D eigenvalue weighted by atomic mass is 16.4. The molecule has 1 aliphatic heterocycles. The molecule has 120 valence electrons. The molecule has 1 fully saturated rings. The number of nitrogens with zero attached hydrogens (tertiary/aromatic N) is 1. The van der Waals surface area contributed by atoms with Gasteiger partial charge in [-0.2, -0.15) is 0 Å².